The molecule has 3 rings (SSSR count). The van der Waals surface area contributed by atoms with Crippen LogP contribution in [-0.2, 0) is 24.7 Å². The van der Waals surface area contributed by atoms with Crippen LogP contribution < -0.4 is 5.32 Å². The highest BCUT2D eigenvalue weighted by molar-refractivity contribution is 7.15. The fourth-order valence-corrected chi connectivity index (χ4v) is 3.72. The van der Waals surface area contributed by atoms with Crippen LogP contribution in [0.25, 0.3) is 0 Å². The van der Waals surface area contributed by atoms with Crippen LogP contribution in [0.5, 0.6) is 0 Å². The summed E-state index contributed by atoms with van der Waals surface area (Å²) in [5, 5.41) is 17.7. The van der Waals surface area contributed by atoms with E-state index in [-0.39, 0.29) is 0 Å². The first-order chi connectivity index (χ1) is 10.1. The van der Waals surface area contributed by atoms with Gasteiger partial charge in [-0.1, -0.05) is 0 Å². The number of fused-ring (bicyclic) bond motifs is 1. The SMILES string of the molecule is Cn1ccc(CCNc2nc3c(s2)CCCC3C(=O)O)n1. The molecule has 0 radical (unpaired) electrons. The molecule has 1 aliphatic carbocycles. The Bertz CT molecular complexity index is 649. The topological polar surface area (TPSA) is 80.0 Å². The van der Waals surface area contributed by atoms with Crippen molar-refractivity contribution in [1.82, 2.24) is 14.8 Å². The minimum Gasteiger partial charge on any atom is -0.481 e. The molecule has 2 aromatic heterocycles. The molecule has 0 aromatic carbocycles. The first-order valence-corrected chi connectivity index (χ1v) is 7.90. The average Bonchev–Trinajstić information content (AvgIpc) is 3.04. The van der Waals surface area contributed by atoms with Crippen molar-refractivity contribution in [2.75, 3.05) is 11.9 Å². The van der Waals surface area contributed by atoms with Crippen molar-refractivity contribution in [3.05, 3.63) is 28.5 Å². The molecule has 0 saturated heterocycles. The number of aromatic nitrogens is 3. The van der Waals surface area contributed by atoms with E-state index in [0.29, 0.717) is 6.42 Å². The third-order valence-corrected chi connectivity index (χ3v) is 4.77. The maximum absolute atomic E-state index is 11.3. The van der Waals surface area contributed by atoms with E-state index in [4.69, 9.17) is 0 Å². The van der Waals surface area contributed by atoms with Crippen molar-refractivity contribution in [3.63, 3.8) is 0 Å². The number of nitrogens with zero attached hydrogens (tertiary/aromatic N) is 3. The molecule has 6 nitrogen and oxygen atoms in total. The van der Waals surface area contributed by atoms with E-state index < -0.39 is 11.9 Å². The molecule has 2 aromatic rings. The molecule has 112 valence electrons. The summed E-state index contributed by atoms with van der Waals surface area (Å²) in [7, 11) is 1.90. The highest BCUT2D eigenvalue weighted by Gasteiger charge is 2.29. The second kappa shape index (κ2) is 5.85. The molecular formula is C14H18N4O2S. The van der Waals surface area contributed by atoms with Crippen molar-refractivity contribution in [2.45, 2.75) is 31.6 Å². The molecule has 0 spiro atoms. The van der Waals surface area contributed by atoms with E-state index in [0.717, 1.165) is 47.2 Å². The Hall–Kier alpha value is -1.89. The van der Waals surface area contributed by atoms with Gasteiger partial charge in [-0.15, -0.1) is 11.3 Å². The Labute approximate surface area is 126 Å². The lowest BCUT2D eigenvalue weighted by molar-refractivity contribution is -0.139. The molecule has 1 unspecified atom stereocenters. The summed E-state index contributed by atoms with van der Waals surface area (Å²) in [4.78, 5) is 16.9. The molecule has 1 atom stereocenters. The first-order valence-electron chi connectivity index (χ1n) is 7.08. The predicted octanol–water partition coefficient (Wildman–Crippen LogP) is 2.04. The van der Waals surface area contributed by atoms with Crippen molar-refractivity contribution in [1.29, 1.82) is 0 Å². The van der Waals surface area contributed by atoms with Crippen LogP contribution in [0.3, 0.4) is 0 Å². The van der Waals surface area contributed by atoms with Crippen LogP contribution in [0.15, 0.2) is 12.3 Å². The Kier molecular flexibility index (Phi) is 3.92. The van der Waals surface area contributed by atoms with E-state index in [2.05, 4.69) is 15.4 Å². The molecule has 2 heterocycles. The van der Waals surface area contributed by atoms with E-state index in [1.54, 1.807) is 16.0 Å². The van der Waals surface area contributed by atoms with Crippen LogP contribution in [0.2, 0.25) is 0 Å². The molecule has 21 heavy (non-hydrogen) atoms. The van der Waals surface area contributed by atoms with Crippen molar-refractivity contribution >= 4 is 22.4 Å². The number of hydrogen-bond acceptors (Lipinski definition) is 5. The van der Waals surface area contributed by atoms with Gasteiger partial charge in [-0.3, -0.25) is 9.48 Å². The van der Waals surface area contributed by atoms with Gasteiger partial charge in [0.15, 0.2) is 5.13 Å². The normalized spacial score (nSPS) is 17.5. The third-order valence-electron chi connectivity index (χ3n) is 3.68. The van der Waals surface area contributed by atoms with Gasteiger partial charge in [-0.25, -0.2) is 4.98 Å². The van der Waals surface area contributed by atoms with E-state index in [1.165, 1.54) is 0 Å². The lowest BCUT2D eigenvalue weighted by Crippen LogP contribution is -2.17. The lowest BCUT2D eigenvalue weighted by Gasteiger charge is -2.16. The summed E-state index contributed by atoms with van der Waals surface area (Å²) in [6.07, 6.45) is 5.32. The van der Waals surface area contributed by atoms with E-state index in [1.807, 2.05) is 19.3 Å². The zero-order valence-electron chi connectivity index (χ0n) is 11.9. The number of carboxylic acids is 1. The standard InChI is InChI=1S/C14H18N4O2S/c1-18-8-6-9(17-18)5-7-15-14-16-12-10(13(19)20)3-2-4-11(12)21-14/h6,8,10H,2-5,7H2,1H3,(H,15,16)(H,19,20). The maximum Gasteiger partial charge on any atom is 0.312 e. The minimum absolute atomic E-state index is 0.434. The molecule has 7 heteroatoms. The van der Waals surface area contributed by atoms with Crippen molar-refractivity contribution in [3.8, 4) is 0 Å². The van der Waals surface area contributed by atoms with Gasteiger partial charge in [0.2, 0.25) is 0 Å². The number of nitrogens with one attached hydrogen (secondary N) is 1. The summed E-state index contributed by atoms with van der Waals surface area (Å²) in [5.41, 5.74) is 1.80. The summed E-state index contributed by atoms with van der Waals surface area (Å²) in [5.74, 6) is -1.20. The molecule has 0 amide bonds. The van der Waals surface area contributed by atoms with Gasteiger partial charge >= 0.3 is 5.97 Å². The Balaban J connectivity index is 1.63. The molecule has 0 bridgehead atoms. The van der Waals surface area contributed by atoms with Gasteiger partial charge in [0.1, 0.15) is 5.92 Å². The van der Waals surface area contributed by atoms with Gasteiger partial charge in [-0.05, 0) is 25.3 Å². The first kappa shape index (κ1) is 14.1. The third kappa shape index (κ3) is 3.07. The van der Waals surface area contributed by atoms with Crippen LogP contribution in [0.1, 0.15) is 35.0 Å². The number of thiazole rings is 1. The number of rotatable bonds is 5. The van der Waals surface area contributed by atoms with Gasteiger partial charge in [0.25, 0.3) is 0 Å². The molecular weight excluding hydrogens is 288 g/mol. The summed E-state index contributed by atoms with van der Waals surface area (Å²) in [6.45, 7) is 0.751. The summed E-state index contributed by atoms with van der Waals surface area (Å²) in [6, 6.07) is 2.00. The smallest absolute Gasteiger partial charge is 0.312 e. The number of carbonyl (C=O) groups is 1. The van der Waals surface area contributed by atoms with Crippen molar-refractivity contribution in [2.24, 2.45) is 7.05 Å². The van der Waals surface area contributed by atoms with Crippen LogP contribution >= 0.6 is 11.3 Å². The quantitative estimate of drug-likeness (QED) is 0.883. The Morgan fingerprint density at radius 2 is 2.48 bits per heavy atom. The largest absolute Gasteiger partial charge is 0.481 e. The van der Waals surface area contributed by atoms with Gasteiger partial charge in [-0.2, -0.15) is 5.10 Å². The molecule has 0 saturated carbocycles. The Morgan fingerprint density at radius 3 is 3.19 bits per heavy atom. The lowest BCUT2D eigenvalue weighted by atomic mass is 9.91. The summed E-state index contributed by atoms with van der Waals surface area (Å²) >= 11 is 1.59. The highest BCUT2D eigenvalue weighted by Crippen LogP contribution is 2.36. The van der Waals surface area contributed by atoms with Gasteiger partial charge in [0.05, 0.1) is 11.4 Å². The maximum atomic E-state index is 11.3. The monoisotopic (exact) mass is 306 g/mol. The number of carboxylic acid groups (broad SMARTS) is 1. The fourth-order valence-electron chi connectivity index (χ4n) is 2.63. The minimum atomic E-state index is -0.763. The van der Waals surface area contributed by atoms with Crippen LogP contribution in [0.4, 0.5) is 5.13 Å². The number of aliphatic carboxylic acids is 1. The molecule has 2 N–H and O–H groups in total. The summed E-state index contributed by atoms with van der Waals surface area (Å²) < 4.78 is 1.79. The number of hydrogen-bond donors (Lipinski definition) is 2. The van der Waals surface area contributed by atoms with E-state index >= 15 is 0 Å². The average molecular weight is 306 g/mol. The predicted molar refractivity (Wildman–Crippen MR) is 80.8 cm³/mol. The van der Waals surface area contributed by atoms with Crippen LogP contribution in [0, 0.1) is 0 Å². The zero-order valence-corrected chi connectivity index (χ0v) is 12.7. The fraction of sp³-hybridized carbons (Fsp3) is 0.500. The second-order valence-corrected chi connectivity index (χ2v) is 6.35. The molecule has 0 aliphatic heterocycles. The zero-order chi connectivity index (χ0) is 14.8. The number of anilines is 1. The second-order valence-electron chi connectivity index (χ2n) is 5.27. The number of aryl methyl sites for hydroxylation is 2. The van der Waals surface area contributed by atoms with Crippen LogP contribution in [-0.4, -0.2) is 32.4 Å². The van der Waals surface area contributed by atoms with Gasteiger partial charge in [0, 0.05) is 31.1 Å². The van der Waals surface area contributed by atoms with Gasteiger partial charge < -0.3 is 10.4 Å². The molecule has 1 aliphatic rings. The Morgan fingerprint density at radius 1 is 1.62 bits per heavy atom. The molecule has 0 fully saturated rings. The van der Waals surface area contributed by atoms with E-state index in [9.17, 15) is 9.90 Å². The van der Waals surface area contributed by atoms with Crippen molar-refractivity contribution < 1.29 is 9.90 Å². The highest BCUT2D eigenvalue weighted by atomic mass is 32.1.